The standard InChI is InChI=1S/C19H23FN4O/c1-14(2)11-19(25)24-9-7-23(8-10-24)18-12-17(21-13-22-18)15-3-5-16(20)6-4-15/h3-6,12-14H,7-11H2,1-2H3. The maximum Gasteiger partial charge on any atom is 0.222 e. The summed E-state index contributed by atoms with van der Waals surface area (Å²) < 4.78 is 13.1. The summed E-state index contributed by atoms with van der Waals surface area (Å²) in [7, 11) is 0. The van der Waals surface area contributed by atoms with Crippen molar-refractivity contribution in [3.05, 3.63) is 42.5 Å². The maximum atomic E-state index is 13.1. The molecule has 2 aromatic rings. The first-order valence-corrected chi connectivity index (χ1v) is 8.63. The lowest BCUT2D eigenvalue weighted by molar-refractivity contribution is -0.132. The number of amides is 1. The van der Waals surface area contributed by atoms with Crippen molar-refractivity contribution in [3.63, 3.8) is 0 Å². The van der Waals surface area contributed by atoms with Crippen molar-refractivity contribution in [2.45, 2.75) is 20.3 Å². The van der Waals surface area contributed by atoms with Crippen molar-refractivity contribution in [1.29, 1.82) is 0 Å². The van der Waals surface area contributed by atoms with Crippen LogP contribution in [0.5, 0.6) is 0 Å². The van der Waals surface area contributed by atoms with Gasteiger partial charge in [0, 0.05) is 44.2 Å². The summed E-state index contributed by atoms with van der Waals surface area (Å²) in [6, 6.07) is 8.19. The highest BCUT2D eigenvalue weighted by Gasteiger charge is 2.22. The molecular formula is C19H23FN4O. The van der Waals surface area contributed by atoms with E-state index in [1.54, 1.807) is 12.1 Å². The van der Waals surface area contributed by atoms with Gasteiger partial charge in [-0.3, -0.25) is 4.79 Å². The van der Waals surface area contributed by atoms with Gasteiger partial charge >= 0.3 is 0 Å². The Morgan fingerprint density at radius 2 is 1.80 bits per heavy atom. The predicted octanol–water partition coefficient (Wildman–Crippen LogP) is 2.98. The van der Waals surface area contributed by atoms with Crippen LogP contribution in [0.15, 0.2) is 36.7 Å². The Kier molecular flexibility index (Phi) is 5.26. The average molecular weight is 342 g/mol. The van der Waals surface area contributed by atoms with Gasteiger partial charge in [-0.25, -0.2) is 14.4 Å². The first-order valence-electron chi connectivity index (χ1n) is 8.63. The zero-order chi connectivity index (χ0) is 17.8. The molecular weight excluding hydrogens is 319 g/mol. The minimum Gasteiger partial charge on any atom is -0.353 e. The van der Waals surface area contributed by atoms with E-state index < -0.39 is 0 Å². The third-order valence-corrected chi connectivity index (χ3v) is 4.33. The zero-order valence-electron chi connectivity index (χ0n) is 14.7. The van der Waals surface area contributed by atoms with Crippen molar-refractivity contribution in [1.82, 2.24) is 14.9 Å². The minimum atomic E-state index is -0.264. The first-order chi connectivity index (χ1) is 12.0. The van der Waals surface area contributed by atoms with Crippen LogP contribution in [0.25, 0.3) is 11.3 Å². The van der Waals surface area contributed by atoms with Gasteiger partial charge in [-0.15, -0.1) is 0 Å². The van der Waals surface area contributed by atoms with E-state index in [9.17, 15) is 9.18 Å². The minimum absolute atomic E-state index is 0.226. The molecule has 0 radical (unpaired) electrons. The van der Waals surface area contributed by atoms with Crippen molar-refractivity contribution < 1.29 is 9.18 Å². The van der Waals surface area contributed by atoms with E-state index in [4.69, 9.17) is 0 Å². The van der Waals surface area contributed by atoms with Crippen LogP contribution in [-0.2, 0) is 4.79 Å². The second-order valence-electron chi connectivity index (χ2n) is 6.73. The molecule has 1 aliphatic heterocycles. The number of anilines is 1. The first kappa shape index (κ1) is 17.3. The van der Waals surface area contributed by atoms with E-state index >= 15 is 0 Å². The van der Waals surface area contributed by atoms with Crippen molar-refractivity contribution in [2.24, 2.45) is 5.92 Å². The van der Waals surface area contributed by atoms with Crippen molar-refractivity contribution >= 4 is 11.7 Å². The van der Waals surface area contributed by atoms with E-state index in [1.165, 1.54) is 18.5 Å². The molecule has 1 aromatic heterocycles. The fourth-order valence-electron chi connectivity index (χ4n) is 2.96. The highest BCUT2D eigenvalue weighted by atomic mass is 19.1. The van der Waals surface area contributed by atoms with Crippen LogP contribution >= 0.6 is 0 Å². The molecule has 6 heteroatoms. The van der Waals surface area contributed by atoms with Gasteiger partial charge in [0.05, 0.1) is 5.69 Å². The fourth-order valence-corrected chi connectivity index (χ4v) is 2.96. The fraction of sp³-hybridized carbons (Fsp3) is 0.421. The third-order valence-electron chi connectivity index (χ3n) is 4.33. The summed E-state index contributed by atoms with van der Waals surface area (Å²) in [5, 5.41) is 0. The Balaban J connectivity index is 1.67. The van der Waals surface area contributed by atoms with E-state index in [0.717, 1.165) is 30.2 Å². The molecule has 25 heavy (non-hydrogen) atoms. The lowest BCUT2D eigenvalue weighted by Crippen LogP contribution is -2.49. The topological polar surface area (TPSA) is 49.3 Å². The Hall–Kier alpha value is -2.50. The summed E-state index contributed by atoms with van der Waals surface area (Å²) in [4.78, 5) is 24.9. The third kappa shape index (κ3) is 4.32. The predicted molar refractivity (Wildman–Crippen MR) is 95.7 cm³/mol. The van der Waals surface area contributed by atoms with Gasteiger partial charge in [-0.05, 0) is 30.2 Å². The van der Waals surface area contributed by atoms with Gasteiger partial charge in [0.15, 0.2) is 0 Å². The van der Waals surface area contributed by atoms with Gasteiger partial charge in [0.1, 0.15) is 18.0 Å². The zero-order valence-corrected chi connectivity index (χ0v) is 14.7. The van der Waals surface area contributed by atoms with Crippen LogP contribution in [-0.4, -0.2) is 47.0 Å². The number of piperazine rings is 1. The summed E-state index contributed by atoms with van der Waals surface area (Å²) >= 11 is 0. The molecule has 3 rings (SSSR count). The molecule has 1 saturated heterocycles. The molecule has 0 aliphatic carbocycles. The van der Waals surface area contributed by atoms with Crippen LogP contribution in [0.2, 0.25) is 0 Å². The van der Waals surface area contributed by atoms with Gasteiger partial charge in [-0.2, -0.15) is 0 Å². The Labute approximate surface area is 147 Å². The summed E-state index contributed by atoms with van der Waals surface area (Å²) in [6.07, 6.45) is 2.13. The number of hydrogen-bond acceptors (Lipinski definition) is 4. The van der Waals surface area contributed by atoms with E-state index in [1.807, 2.05) is 11.0 Å². The molecule has 0 atom stereocenters. The van der Waals surface area contributed by atoms with E-state index in [2.05, 4.69) is 28.7 Å². The van der Waals surface area contributed by atoms with Crippen LogP contribution in [0.3, 0.4) is 0 Å². The number of carbonyl (C=O) groups excluding carboxylic acids is 1. The molecule has 132 valence electrons. The lowest BCUT2D eigenvalue weighted by Gasteiger charge is -2.35. The Morgan fingerprint density at radius 1 is 1.12 bits per heavy atom. The number of carbonyl (C=O) groups is 1. The van der Waals surface area contributed by atoms with Gasteiger partial charge < -0.3 is 9.80 Å². The Bertz CT molecular complexity index is 724. The number of rotatable bonds is 4. The van der Waals surface area contributed by atoms with Crippen LogP contribution in [0.1, 0.15) is 20.3 Å². The van der Waals surface area contributed by atoms with Crippen LogP contribution in [0.4, 0.5) is 10.2 Å². The van der Waals surface area contributed by atoms with Crippen LogP contribution < -0.4 is 4.90 Å². The lowest BCUT2D eigenvalue weighted by atomic mass is 10.1. The van der Waals surface area contributed by atoms with E-state index in [-0.39, 0.29) is 11.7 Å². The highest BCUT2D eigenvalue weighted by molar-refractivity contribution is 5.76. The molecule has 5 nitrogen and oxygen atoms in total. The second kappa shape index (κ2) is 7.59. The average Bonchev–Trinajstić information content (AvgIpc) is 2.62. The molecule has 0 N–H and O–H groups in total. The van der Waals surface area contributed by atoms with Gasteiger partial charge in [0.25, 0.3) is 0 Å². The molecule has 0 saturated carbocycles. The second-order valence-corrected chi connectivity index (χ2v) is 6.73. The summed E-state index contributed by atoms with van der Waals surface area (Å²) in [6.45, 7) is 7.05. The summed E-state index contributed by atoms with van der Waals surface area (Å²) in [5.74, 6) is 1.18. The molecule has 2 heterocycles. The molecule has 1 amide bonds. The summed E-state index contributed by atoms with van der Waals surface area (Å²) in [5.41, 5.74) is 1.62. The molecule has 1 fully saturated rings. The maximum absolute atomic E-state index is 13.1. The highest BCUT2D eigenvalue weighted by Crippen LogP contribution is 2.22. The molecule has 1 aromatic carbocycles. The molecule has 0 spiro atoms. The number of aromatic nitrogens is 2. The number of nitrogens with zero attached hydrogens (tertiary/aromatic N) is 4. The largest absolute Gasteiger partial charge is 0.353 e. The number of hydrogen-bond donors (Lipinski definition) is 0. The van der Waals surface area contributed by atoms with Gasteiger partial charge in [-0.1, -0.05) is 13.8 Å². The van der Waals surface area contributed by atoms with Crippen LogP contribution in [0, 0.1) is 11.7 Å². The van der Waals surface area contributed by atoms with Crippen molar-refractivity contribution in [2.75, 3.05) is 31.1 Å². The normalized spacial score (nSPS) is 14.9. The SMILES string of the molecule is CC(C)CC(=O)N1CCN(c2cc(-c3ccc(F)cc3)ncn2)CC1. The van der Waals surface area contributed by atoms with Gasteiger partial charge in [0.2, 0.25) is 5.91 Å². The molecule has 1 aliphatic rings. The monoisotopic (exact) mass is 342 g/mol. The quantitative estimate of drug-likeness (QED) is 0.857. The smallest absolute Gasteiger partial charge is 0.222 e. The van der Waals surface area contributed by atoms with E-state index in [0.29, 0.717) is 25.4 Å². The number of halogens is 1. The van der Waals surface area contributed by atoms with Crippen molar-refractivity contribution in [3.8, 4) is 11.3 Å². The molecule has 0 unspecified atom stereocenters. The Morgan fingerprint density at radius 3 is 2.44 bits per heavy atom. The molecule has 0 bridgehead atoms. The number of benzene rings is 1.